The van der Waals surface area contributed by atoms with E-state index in [2.05, 4.69) is 44.8 Å². The molecule has 1 rings (SSSR count). The summed E-state index contributed by atoms with van der Waals surface area (Å²) in [4.78, 5) is 2.66. The molecule has 0 aromatic rings. The van der Waals surface area contributed by atoms with E-state index in [1.807, 2.05) is 0 Å². The zero-order valence-corrected chi connectivity index (χ0v) is 14.4. The van der Waals surface area contributed by atoms with Crippen LogP contribution in [0.3, 0.4) is 0 Å². The number of hydrogen-bond donors (Lipinski definition) is 1. The van der Waals surface area contributed by atoms with Gasteiger partial charge in [0.05, 0.1) is 13.2 Å². The second-order valence-corrected chi connectivity index (χ2v) is 6.79. The lowest BCUT2D eigenvalue weighted by atomic mass is 9.83. The molecule has 0 saturated carbocycles. The van der Waals surface area contributed by atoms with Gasteiger partial charge in [0.1, 0.15) is 0 Å². The van der Waals surface area contributed by atoms with Crippen molar-refractivity contribution in [2.45, 2.75) is 71.9 Å². The molecule has 120 valence electrons. The molecular formula is C17H36N2O. The molecule has 0 aliphatic carbocycles. The van der Waals surface area contributed by atoms with Crippen LogP contribution in [0.25, 0.3) is 0 Å². The first-order chi connectivity index (χ1) is 9.54. The molecule has 2 unspecified atom stereocenters. The molecule has 1 fully saturated rings. The lowest BCUT2D eigenvalue weighted by Gasteiger charge is -2.48. The minimum Gasteiger partial charge on any atom is -0.379 e. The van der Waals surface area contributed by atoms with Gasteiger partial charge in [-0.15, -0.1) is 0 Å². The minimum absolute atomic E-state index is 0.258. The molecule has 0 aromatic carbocycles. The lowest BCUT2D eigenvalue weighted by Crippen LogP contribution is -2.62. The van der Waals surface area contributed by atoms with Crippen LogP contribution in [-0.4, -0.2) is 49.3 Å². The van der Waals surface area contributed by atoms with E-state index in [0.29, 0.717) is 6.04 Å². The van der Waals surface area contributed by atoms with Gasteiger partial charge in [0.25, 0.3) is 0 Å². The van der Waals surface area contributed by atoms with Crippen molar-refractivity contribution in [3.05, 3.63) is 0 Å². The van der Waals surface area contributed by atoms with E-state index in [1.54, 1.807) is 0 Å². The Bertz CT molecular complexity index is 251. The van der Waals surface area contributed by atoms with Gasteiger partial charge >= 0.3 is 0 Å². The summed E-state index contributed by atoms with van der Waals surface area (Å²) in [5.74, 6) is 0.784. The first kappa shape index (κ1) is 17.9. The third kappa shape index (κ3) is 5.01. The minimum atomic E-state index is 0.258. The summed E-state index contributed by atoms with van der Waals surface area (Å²) in [6, 6.07) is 0.591. The second kappa shape index (κ2) is 9.01. The van der Waals surface area contributed by atoms with Gasteiger partial charge in [-0.25, -0.2) is 0 Å². The molecule has 3 nitrogen and oxygen atoms in total. The Kier molecular flexibility index (Phi) is 8.08. The van der Waals surface area contributed by atoms with Crippen LogP contribution in [0, 0.1) is 5.92 Å². The molecule has 1 N–H and O–H groups in total. The number of nitrogens with one attached hydrogen (secondary N) is 1. The van der Waals surface area contributed by atoms with Crippen molar-refractivity contribution in [1.29, 1.82) is 0 Å². The van der Waals surface area contributed by atoms with E-state index < -0.39 is 0 Å². The van der Waals surface area contributed by atoms with Gasteiger partial charge in [0.2, 0.25) is 0 Å². The van der Waals surface area contributed by atoms with E-state index in [4.69, 9.17) is 4.74 Å². The average Bonchev–Trinajstić information content (AvgIpc) is 2.47. The van der Waals surface area contributed by atoms with Gasteiger partial charge in [-0.05, 0) is 45.1 Å². The van der Waals surface area contributed by atoms with Crippen molar-refractivity contribution < 1.29 is 4.74 Å². The highest BCUT2D eigenvalue weighted by atomic mass is 16.5. The van der Waals surface area contributed by atoms with Crippen LogP contribution in [0.5, 0.6) is 0 Å². The maximum Gasteiger partial charge on any atom is 0.0594 e. The summed E-state index contributed by atoms with van der Waals surface area (Å²) >= 11 is 0. The molecule has 0 radical (unpaired) electrons. The topological polar surface area (TPSA) is 24.5 Å². The molecule has 1 heterocycles. The zero-order valence-electron chi connectivity index (χ0n) is 14.4. The van der Waals surface area contributed by atoms with E-state index in [1.165, 1.54) is 25.7 Å². The molecule has 0 spiro atoms. The Balaban J connectivity index is 2.74. The van der Waals surface area contributed by atoms with Crippen LogP contribution >= 0.6 is 0 Å². The summed E-state index contributed by atoms with van der Waals surface area (Å²) in [6.07, 6.45) is 4.99. The summed E-state index contributed by atoms with van der Waals surface area (Å²) in [6.45, 7) is 16.8. The number of ether oxygens (including phenoxy) is 1. The first-order valence-electron chi connectivity index (χ1n) is 8.60. The fraction of sp³-hybridized carbons (Fsp3) is 1.00. The van der Waals surface area contributed by atoms with Gasteiger partial charge in [-0.1, -0.05) is 27.7 Å². The van der Waals surface area contributed by atoms with Gasteiger partial charge in [-0.2, -0.15) is 0 Å². The SMILES string of the molecule is CCCNC(CCC(C)C)C(C)(CC)N1CCOCC1. The number of morpholine rings is 1. The highest BCUT2D eigenvalue weighted by Gasteiger charge is 2.38. The molecule has 20 heavy (non-hydrogen) atoms. The van der Waals surface area contributed by atoms with Crippen molar-refractivity contribution in [2.24, 2.45) is 5.92 Å². The quantitative estimate of drug-likeness (QED) is 0.703. The highest BCUT2D eigenvalue weighted by molar-refractivity contribution is 4.97. The largest absolute Gasteiger partial charge is 0.379 e. The molecule has 3 heteroatoms. The molecule has 2 atom stereocenters. The van der Waals surface area contributed by atoms with Crippen LogP contribution in [0.15, 0.2) is 0 Å². The molecule has 1 saturated heterocycles. The van der Waals surface area contributed by atoms with Crippen molar-refractivity contribution in [3.63, 3.8) is 0 Å². The maximum absolute atomic E-state index is 5.54. The zero-order chi connectivity index (χ0) is 15.0. The van der Waals surface area contributed by atoms with Crippen LogP contribution in [0.4, 0.5) is 0 Å². The monoisotopic (exact) mass is 284 g/mol. The van der Waals surface area contributed by atoms with Crippen molar-refractivity contribution in [2.75, 3.05) is 32.8 Å². The highest BCUT2D eigenvalue weighted by Crippen LogP contribution is 2.28. The predicted octanol–water partition coefficient (Wildman–Crippen LogP) is 3.29. The van der Waals surface area contributed by atoms with Crippen molar-refractivity contribution >= 4 is 0 Å². The van der Waals surface area contributed by atoms with Crippen LogP contribution in [0.1, 0.15) is 60.3 Å². The third-order valence-electron chi connectivity index (χ3n) is 4.87. The van der Waals surface area contributed by atoms with E-state index in [-0.39, 0.29) is 5.54 Å². The first-order valence-corrected chi connectivity index (χ1v) is 8.60. The summed E-state index contributed by atoms with van der Waals surface area (Å²) < 4.78 is 5.54. The van der Waals surface area contributed by atoms with Gasteiger partial charge in [0, 0.05) is 24.7 Å². The van der Waals surface area contributed by atoms with Crippen molar-refractivity contribution in [3.8, 4) is 0 Å². The van der Waals surface area contributed by atoms with Gasteiger partial charge in [-0.3, -0.25) is 4.90 Å². The Morgan fingerprint density at radius 2 is 1.80 bits per heavy atom. The van der Waals surface area contributed by atoms with Crippen LogP contribution in [0.2, 0.25) is 0 Å². The Hall–Kier alpha value is -0.120. The Morgan fingerprint density at radius 3 is 2.30 bits per heavy atom. The molecule has 1 aliphatic heterocycles. The summed E-state index contributed by atoms with van der Waals surface area (Å²) in [5, 5.41) is 3.83. The van der Waals surface area contributed by atoms with Crippen LogP contribution < -0.4 is 5.32 Å². The Morgan fingerprint density at radius 1 is 1.15 bits per heavy atom. The third-order valence-corrected chi connectivity index (χ3v) is 4.87. The fourth-order valence-corrected chi connectivity index (χ4v) is 3.22. The smallest absolute Gasteiger partial charge is 0.0594 e. The number of hydrogen-bond acceptors (Lipinski definition) is 3. The summed E-state index contributed by atoms with van der Waals surface area (Å²) in [7, 11) is 0. The van der Waals surface area contributed by atoms with Gasteiger partial charge in [0.15, 0.2) is 0 Å². The number of rotatable bonds is 9. The van der Waals surface area contributed by atoms with Crippen molar-refractivity contribution in [1.82, 2.24) is 10.2 Å². The fourth-order valence-electron chi connectivity index (χ4n) is 3.22. The van der Waals surface area contributed by atoms with Gasteiger partial charge < -0.3 is 10.1 Å². The molecular weight excluding hydrogens is 248 g/mol. The maximum atomic E-state index is 5.54. The summed E-state index contributed by atoms with van der Waals surface area (Å²) in [5.41, 5.74) is 0.258. The predicted molar refractivity (Wildman–Crippen MR) is 87.2 cm³/mol. The Labute approximate surface area is 126 Å². The number of nitrogens with zero attached hydrogens (tertiary/aromatic N) is 1. The lowest BCUT2D eigenvalue weighted by molar-refractivity contribution is -0.0339. The standard InChI is InChI=1S/C17H36N2O/c1-6-10-18-16(9-8-15(3)4)17(5,7-2)19-11-13-20-14-12-19/h15-16,18H,6-14H2,1-5H3. The molecule has 0 bridgehead atoms. The molecule has 0 amide bonds. The second-order valence-electron chi connectivity index (χ2n) is 6.79. The van der Waals surface area contributed by atoms with E-state index >= 15 is 0 Å². The van der Waals surface area contributed by atoms with E-state index in [0.717, 1.165) is 38.8 Å². The van der Waals surface area contributed by atoms with Crippen LogP contribution in [-0.2, 0) is 4.74 Å². The average molecular weight is 284 g/mol. The normalized spacial score (nSPS) is 21.9. The van der Waals surface area contributed by atoms with E-state index in [9.17, 15) is 0 Å². The molecule has 0 aromatic heterocycles. The molecule has 1 aliphatic rings.